The maximum Gasteiger partial charge on any atom is 0.511 e. The molecular weight excluding hydrogens is 462 g/mol. The minimum atomic E-state index is -1.47. The van der Waals surface area contributed by atoms with E-state index < -0.39 is 6.16 Å². The van der Waals surface area contributed by atoms with Crippen LogP contribution >= 0.6 is 0 Å². The van der Waals surface area contributed by atoms with Gasteiger partial charge in [0.1, 0.15) is 5.69 Å². The lowest BCUT2D eigenvalue weighted by Gasteiger charge is -2.28. The van der Waals surface area contributed by atoms with Gasteiger partial charge >= 0.3 is 6.16 Å². The first-order chi connectivity index (χ1) is 17.6. The van der Waals surface area contributed by atoms with Crippen molar-refractivity contribution >= 4 is 45.4 Å². The third kappa shape index (κ3) is 4.23. The third-order valence-corrected chi connectivity index (χ3v) is 5.90. The van der Waals surface area contributed by atoms with E-state index in [4.69, 9.17) is 14.5 Å². The van der Waals surface area contributed by atoms with Crippen LogP contribution in [0.3, 0.4) is 0 Å². The van der Waals surface area contributed by atoms with Crippen LogP contribution in [0.1, 0.15) is 0 Å². The van der Waals surface area contributed by atoms with Gasteiger partial charge in [0.05, 0.1) is 30.4 Å². The minimum Gasteiger partial charge on any atom is -0.449 e. The molecule has 1 fully saturated rings. The van der Waals surface area contributed by atoms with Crippen molar-refractivity contribution in [1.82, 2.24) is 25.1 Å². The molecule has 11 nitrogen and oxygen atoms in total. The van der Waals surface area contributed by atoms with Crippen molar-refractivity contribution in [2.45, 2.75) is 0 Å². The fourth-order valence-corrected chi connectivity index (χ4v) is 4.17. The molecule has 4 heterocycles. The fourth-order valence-electron chi connectivity index (χ4n) is 4.17. The summed E-state index contributed by atoms with van der Waals surface area (Å²) in [5.41, 5.74) is 3.31. The number of rotatable bonds is 5. The Balaban J connectivity index is 1.52. The van der Waals surface area contributed by atoms with E-state index in [1.54, 1.807) is 12.4 Å². The van der Waals surface area contributed by atoms with Crippen LogP contribution in [-0.4, -0.2) is 62.7 Å². The van der Waals surface area contributed by atoms with E-state index in [2.05, 4.69) is 25.5 Å². The topological polar surface area (TPSA) is 138 Å². The number of ether oxygens (including phenoxy) is 2. The number of morpholine rings is 1. The summed E-state index contributed by atoms with van der Waals surface area (Å²) in [5.74, 6) is 0.648. The Morgan fingerprint density at radius 2 is 1.92 bits per heavy atom. The molecule has 11 heteroatoms. The first-order valence-corrected chi connectivity index (χ1v) is 11.3. The number of carbonyl (C=O) groups is 1. The quantitative estimate of drug-likeness (QED) is 0.312. The molecule has 0 bridgehead atoms. The van der Waals surface area contributed by atoms with E-state index in [0.29, 0.717) is 49.2 Å². The van der Waals surface area contributed by atoms with Gasteiger partial charge in [0, 0.05) is 41.3 Å². The predicted octanol–water partition coefficient (Wildman–Crippen LogP) is 4.21. The number of benzene rings is 2. The number of aromatic nitrogens is 5. The number of H-pyrrole nitrogens is 1. The lowest BCUT2D eigenvalue weighted by Crippen LogP contribution is -2.37. The number of hydrogen-bond acceptors (Lipinski definition) is 9. The lowest BCUT2D eigenvalue weighted by molar-refractivity contribution is 0.122. The van der Waals surface area contributed by atoms with Crippen molar-refractivity contribution in [1.29, 1.82) is 0 Å². The zero-order chi connectivity index (χ0) is 24.5. The summed E-state index contributed by atoms with van der Waals surface area (Å²) in [7, 11) is 0. The molecule has 180 valence electrons. The number of nitrogens with one attached hydrogen (secondary N) is 2. The van der Waals surface area contributed by atoms with Crippen LogP contribution in [0.2, 0.25) is 0 Å². The van der Waals surface area contributed by atoms with Crippen LogP contribution in [0, 0.1) is 0 Å². The number of pyridine rings is 1. The number of para-hydroxylation sites is 1. The SMILES string of the molecule is O=C(O)Oc1c(Nc2ccc3[nH]ncc3c2)nc(N2CCOCC2)nc1-c1cnc2ccccc2c1. The van der Waals surface area contributed by atoms with E-state index in [0.717, 1.165) is 21.8 Å². The number of aromatic amines is 1. The zero-order valence-corrected chi connectivity index (χ0v) is 19.0. The van der Waals surface area contributed by atoms with Gasteiger partial charge in [-0.3, -0.25) is 10.1 Å². The summed E-state index contributed by atoms with van der Waals surface area (Å²) < 4.78 is 10.8. The van der Waals surface area contributed by atoms with Gasteiger partial charge < -0.3 is 24.8 Å². The fraction of sp³-hybridized carbons (Fsp3) is 0.160. The van der Waals surface area contributed by atoms with Crippen LogP contribution < -0.4 is 15.0 Å². The zero-order valence-electron chi connectivity index (χ0n) is 19.0. The number of anilines is 3. The van der Waals surface area contributed by atoms with Gasteiger partial charge in [0.25, 0.3) is 0 Å². The molecule has 0 saturated carbocycles. The average Bonchev–Trinajstić information content (AvgIpc) is 3.37. The van der Waals surface area contributed by atoms with Gasteiger partial charge in [-0.2, -0.15) is 10.1 Å². The van der Waals surface area contributed by atoms with Gasteiger partial charge in [-0.15, -0.1) is 0 Å². The van der Waals surface area contributed by atoms with Crippen molar-refractivity contribution in [3.8, 4) is 17.0 Å². The van der Waals surface area contributed by atoms with Crippen LogP contribution in [0.15, 0.2) is 60.9 Å². The molecule has 6 rings (SSSR count). The monoisotopic (exact) mass is 483 g/mol. The van der Waals surface area contributed by atoms with Crippen LogP contribution in [0.5, 0.6) is 5.75 Å². The van der Waals surface area contributed by atoms with Gasteiger partial charge in [-0.05, 0) is 30.3 Å². The highest BCUT2D eigenvalue weighted by Crippen LogP contribution is 2.38. The van der Waals surface area contributed by atoms with Crippen LogP contribution in [0.4, 0.5) is 22.2 Å². The second kappa shape index (κ2) is 9.12. The van der Waals surface area contributed by atoms with E-state index in [9.17, 15) is 9.90 Å². The first-order valence-electron chi connectivity index (χ1n) is 11.3. The standard InChI is InChI=1S/C25H21N7O4/c33-25(34)36-22-21(17-11-15-3-1-2-4-19(15)26-13-17)29-24(32-7-9-35-10-8-32)30-23(22)28-18-5-6-20-16(12-18)14-27-31-20/h1-6,11-14H,7-10H2,(H,27,31)(H,33,34)(H,28,29,30). The van der Waals surface area contributed by atoms with Crippen molar-refractivity contribution in [3.05, 3.63) is 60.9 Å². The van der Waals surface area contributed by atoms with Crippen LogP contribution in [0.25, 0.3) is 33.1 Å². The molecule has 5 aromatic rings. The highest BCUT2D eigenvalue weighted by molar-refractivity contribution is 5.88. The van der Waals surface area contributed by atoms with Crippen molar-refractivity contribution in [2.24, 2.45) is 0 Å². The molecular formula is C25H21N7O4. The van der Waals surface area contributed by atoms with E-state index in [1.165, 1.54) is 0 Å². The number of carboxylic acid groups (broad SMARTS) is 1. The van der Waals surface area contributed by atoms with E-state index in [-0.39, 0.29) is 11.6 Å². The molecule has 1 aliphatic heterocycles. The smallest absolute Gasteiger partial charge is 0.449 e. The molecule has 0 unspecified atom stereocenters. The van der Waals surface area contributed by atoms with Gasteiger partial charge in [-0.25, -0.2) is 9.78 Å². The summed E-state index contributed by atoms with van der Waals surface area (Å²) in [6, 6.07) is 15.2. The Bertz CT molecular complexity index is 1580. The average molecular weight is 483 g/mol. The number of fused-ring (bicyclic) bond motifs is 2. The molecule has 0 atom stereocenters. The van der Waals surface area contributed by atoms with Crippen molar-refractivity contribution in [2.75, 3.05) is 36.5 Å². The maximum absolute atomic E-state index is 11.7. The molecule has 0 aliphatic carbocycles. The molecule has 1 saturated heterocycles. The molecule has 1 aliphatic rings. The Morgan fingerprint density at radius 3 is 2.78 bits per heavy atom. The lowest BCUT2D eigenvalue weighted by atomic mass is 10.1. The van der Waals surface area contributed by atoms with Crippen molar-refractivity contribution in [3.63, 3.8) is 0 Å². The highest BCUT2D eigenvalue weighted by atomic mass is 16.7. The van der Waals surface area contributed by atoms with Crippen LogP contribution in [-0.2, 0) is 4.74 Å². The summed E-state index contributed by atoms with van der Waals surface area (Å²) in [6.45, 7) is 2.30. The Labute approximate surface area is 204 Å². The minimum absolute atomic E-state index is 0.0103. The largest absolute Gasteiger partial charge is 0.511 e. The summed E-state index contributed by atoms with van der Waals surface area (Å²) in [5, 5.41) is 21.5. The summed E-state index contributed by atoms with van der Waals surface area (Å²) in [4.78, 5) is 27.7. The number of nitrogens with zero attached hydrogens (tertiary/aromatic N) is 5. The normalized spacial score (nSPS) is 13.7. The molecule has 2 aromatic carbocycles. The van der Waals surface area contributed by atoms with Gasteiger partial charge in [0.2, 0.25) is 11.7 Å². The molecule has 0 amide bonds. The molecule has 36 heavy (non-hydrogen) atoms. The van der Waals surface area contributed by atoms with Gasteiger partial charge in [0.15, 0.2) is 5.82 Å². The van der Waals surface area contributed by atoms with E-state index in [1.807, 2.05) is 53.4 Å². The van der Waals surface area contributed by atoms with E-state index >= 15 is 0 Å². The molecule has 0 radical (unpaired) electrons. The van der Waals surface area contributed by atoms with Gasteiger partial charge in [-0.1, -0.05) is 18.2 Å². The second-order valence-electron chi connectivity index (χ2n) is 8.23. The Kier molecular flexibility index (Phi) is 5.51. The van der Waals surface area contributed by atoms with Crippen molar-refractivity contribution < 1.29 is 19.4 Å². The molecule has 3 N–H and O–H groups in total. The second-order valence-corrected chi connectivity index (χ2v) is 8.23. The Hall–Kier alpha value is -4.77. The third-order valence-electron chi connectivity index (χ3n) is 5.90. The summed E-state index contributed by atoms with van der Waals surface area (Å²) >= 11 is 0. The molecule has 0 spiro atoms. The first kappa shape index (κ1) is 21.7. The summed E-state index contributed by atoms with van der Waals surface area (Å²) in [6.07, 6.45) is 1.89. The Morgan fingerprint density at radius 1 is 1.06 bits per heavy atom. The predicted molar refractivity (Wildman–Crippen MR) is 134 cm³/mol. The maximum atomic E-state index is 11.7. The molecule has 3 aromatic heterocycles. The highest BCUT2D eigenvalue weighted by Gasteiger charge is 2.24. The number of hydrogen-bond donors (Lipinski definition) is 3.